The van der Waals surface area contributed by atoms with Crippen LogP contribution in [0.15, 0.2) is 0 Å². The molecule has 0 saturated heterocycles. The fourth-order valence-electron chi connectivity index (χ4n) is 1.89. The van der Waals surface area contributed by atoms with E-state index < -0.39 is 0 Å². The SMILES string of the molecule is S=c1[nH]nc(C2CC2)n1CCOCC1CC1. The van der Waals surface area contributed by atoms with Crippen molar-refractivity contribution < 1.29 is 4.74 Å². The first kappa shape index (κ1) is 10.5. The molecule has 0 spiro atoms. The Hall–Kier alpha value is -0.680. The Balaban J connectivity index is 1.55. The van der Waals surface area contributed by atoms with Crippen molar-refractivity contribution in [3.8, 4) is 0 Å². The zero-order chi connectivity index (χ0) is 11.0. The van der Waals surface area contributed by atoms with Crippen molar-refractivity contribution in [2.24, 2.45) is 5.92 Å². The quantitative estimate of drug-likeness (QED) is 0.611. The Kier molecular flexibility index (Phi) is 2.81. The van der Waals surface area contributed by atoms with Crippen molar-refractivity contribution in [3.63, 3.8) is 0 Å². The predicted molar refractivity (Wildman–Crippen MR) is 62.9 cm³/mol. The van der Waals surface area contributed by atoms with Crippen LogP contribution in [0.5, 0.6) is 0 Å². The van der Waals surface area contributed by atoms with Gasteiger partial charge in [-0.2, -0.15) is 5.10 Å². The number of rotatable bonds is 6. The Bertz CT molecular complexity index is 417. The zero-order valence-electron chi connectivity index (χ0n) is 9.32. The van der Waals surface area contributed by atoms with E-state index in [1.54, 1.807) is 0 Å². The van der Waals surface area contributed by atoms with Crippen LogP contribution in [0.2, 0.25) is 0 Å². The van der Waals surface area contributed by atoms with Crippen molar-refractivity contribution in [2.75, 3.05) is 13.2 Å². The summed E-state index contributed by atoms with van der Waals surface area (Å²) in [5.41, 5.74) is 0. The van der Waals surface area contributed by atoms with Gasteiger partial charge in [0.15, 0.2) is 4.77 Å². The highest BCUT2D eigenvalue weighted by Gasteiger charge is 2.29. The molecule has 4 nitrogen and oxygen atoms in total. The third kappa shape index (κ3) is 2.35. The monoisotopic (exact) mass is 239 g/mol. The summed E-state index contributed by atoms with van der Waals surface area (Å²) in [7, 11) is 0. The van der Waals surface area contributed by atoms with Crippen molar-refractivity contribution >= 4 is 12.2 Å². The van der Waals surface area contributed by atoms with Crippen molar-refractivity contribution in [2.45, 2.75) is 38.1 Å². The molecule has 5 heteroatoms. The second-order valence-corrected chi connectivity index (χ2v) is 5.22. The summed E-state index contributed by atoms with van der Waals surface area (Å²) in [6, 6.07) is 0. The van der Waals surface area contributed by atoms with E-state index in [-0.39, 0.29) is 0 Å². The van der Waals surface area contributed by atoms with Gasteiger partial charge in [0.25, 0.3) is 0 Å². The van der Waals surface area contributed by atoms with Gasteiger partial charge in [0, 0.05) is 12.5 Å². The third-order valence-electron chi connectivity index (χ3n) is 3.24. The van der Waals surface area contributed by atoms with Gasteiger partial charge >= 0.3 is 0 Å². The van der Waals surface area contributed by atoms with E-state index in [9.17, 15) is 0 Å². The summed E-state index contributed by atoms with van der Waals surface area (Å²) in [4.78, 5) is 0. The number of hydrogen-bond acceptors (Lipinski definition) is 3. The molecule has 1 heterocycles. The fraction of sp³-hybridized carbons (Fsp3) is 0.818. The molecule has 2 aliphatic rings. The Morgan fingerprint density at radius 2 is 2.19 bits per heavy atom. The molecular formula is C11H17N3OS. The predicted octanol–water partition coefficient (Wildman–Crippen LogP) is 2.24. The smallest absolute Gasteiger partial charge is 0.195 e. The molecule has 2 aliphatic carbocycles. The van der Waals surface area contributed by atoms with E-state index >= 15 is 0 Å². The topological polar surface area (TPSA) is 42.8 Å². The molecule has 0 amide bonds. The summed E-state index contributed by atoms with van der Waals surface area (Å²) in [6.45, 7) is 2.52. The average Bonchev–Trinajstić information content (AvgIpc) is 3.15. The Labute approximate surface area is 100 Å². The fourth-order valence-corrected chi connectivity index (χ4v) is 2.12. The van der Waals surface area contributed by atoms with Crippen LogP contribution in [0.4, 0.5) is 0 Å². The summed E-state index contributed by atoms with van der Waals surface area (Å²) in [5, 5.41) is 7.17. The van der Waals surface area contributed by atoms with Crippen LogP contribution in [0, 0.1) is 10.7 Å². The Morgan fingerprint density at radius 3 is 2.88 bits per heavy atom. The van der Waals surface area contributed by atoms with Gasteiger partial charge in [-0.1, -0.05) is 0 Å². The largest absolute Gasteiger partial charge is 0.379 e. The number of H-pyrrole nitrogens is 1. The van der Waals surface area contributed by atoms with E-state index in [2.05, 4.69) is 14.8 Å². The molecule has 3 rings (SSSR count). The molecule has 16 heavy (non-hydrogen) atoms. The molecule has 0 unspecified atom stereocenters. The molecule has 1 aromatic rings. The van der Waals surface area contributed by atoms with Gasteiger partial charge in [0.05, 0.1) is 13.2 Å². The average molecular weight is 239 g/mol. The van der Waals surface area contributed by atoms with Crippen LogP contribution < -0.4 is 0 Å². The first-order valence-electron chi connectivity index (χ1n) is 6.07. The highest BCUT2D eigenvalue weighted by Crippen LogP contribution is 2.38. The molecule has 0 radical (unpaired) electrons. The summed E-state index contributed by atoms with van der Waals surface area (Å²) < 4.78 is 8.46. The van der Waals surface area contributed by atoms with E-state index in [0.717, 1.165) is 36.3 Å². The molecule has 1 aromatic heterocycles. The van der Waals surface area contributed by atoms with E-state index in [1.165, 1.54) is 25.7 Å². The maximum absolute atomic E-state index is 5.63. The van der Waals surface area contributed by atoms with E-state index in [1.807, 2.05) is 0 Å². The molecule has 0 bridgehead atoms. The van der Waals surface area contributed by atoms with Gasteiger partial charge in [0.2, 0.25) is 0 Å². The molecule has 1 N–H and O–H groups in total. The minimum atomic E-state index is 0.636. The standard InChI is InChI=1S/C11H17N3OS/c16-11-13-12-10(9-3-4-9)14(11)5-6-15-7-8-1-2-8/h8-9H,1-7H2,(H,13,16). The second-order valence-electron chi connectivity index (χ2n) is 4.83. The van der Waals surface area contributed by atoms with Crippen molar-refractivity contribution in [3.05, 3.63) is 10.6 Å². The number of aromatic amines is 1. The van der Waals surface area contributed by atoms with Crippen LogP contribution >= 0.6 is 12.2 Å². The lowest BCUT2D eigenvalue weighted by Gasteiger charge is -2.06. The van der Waals surface area contributed by atoms with Gasteiger partial charge in [-0.3, -0.25) is 5.10 Å². The van der Waals surface area contributed by atoms with Crippen molar-refractivity contribution in [1.29, 1.82) is 0 Å². The molecule has 2 fully saturated rings. The van der Waals surface area contributed by atoms with Gasteiger partial charge in [-0.05, 0) is 43.8 Å². The van der Waals surface area contributed by atoms with Gasteiger partial charge in [0.1, 0.15) is 5.82 Å². The zero-order valence-corrected chi connectivity index (χ0v) is 10.1. The first-order chi connectivity index (χ1) is 7.84. The third-order valence-corrected chi connectivity index (χ3v) is 3.55. The van der Waals surface area contributed by atoms with E-state index in [0.29, 0.717) is 5.92 Å². The van der Waals surface area contributed by atoms with Crippen LogP contribution in [0.3, 0.4) is 0 Å². The molecular weight excluding hydrogens is 222 g/mol. The highest BCUT2D eigenvalue weighted by atomic mass is 32.1. The van der Waals surface area contributed by atoms with E-state index in [4.69, 9.17) is 17.0 Å². The number of hydrogen-bond donors (Lipinski definition) is 1. The van der Waals surface area contributed by atoms with Crippen LogP contribution in [-0.2, 0) is 11.3 Å². The molecule has 0 aliphatic heterocycles. The number of nitrogens with one attached hydrogen (secondary N) is 1. The Morgan fingerprint density at radius 1 is 1.38 bits per heavy atom. The second kappa shape index (κ2) is 4.30. The number of ether oxygens (including phenoxy) is 1. The number of aromatic nitrogens is 3. The molecule has 0 atom stereocenters. The lowest BCUT2D eigenvalue weighted by molar-refractivity contribution is 0.116. The van der Waals surface area contributed by atoms with Crippen molar-refractivity contribution in [1.82, 2.24) is 14.8 Å². The molecule has 88 valence electrons. The van der Waals surface area contributed by atoms with Gasteiger partial charge in [-0.25, -0.2) is 0 Å². The van der Waals surface area contributed by atoms with Crippen LogP contribution in [-0.4, -0.2) is 28.0 Å². The number of nitrogens with zero attached hydrogens (tertiary/aromatic N) is 2. The van der Waals surface area contributed by atoms with Crippen LogP contribution in [0.25, 0.3) is 0 Å². The highest BCUT2D eigenvalue weighted by molar-refractivity contribution is 7.71. The maximum Gasteiger partial charge on any atom is 0.195 e. The maximum atomic E-state index is 5.63. The molecule has 0 aromatic carbocycles. The summed E-state index contributed by atoms with van der Waals surface area (Å²) in [5.74, 6) is 2.59. The molecule has 2 saturated carbocycles. The van der Waals surface area contributed by atoms with Gasteiger partial charge in [-0.15, -0.1) is 0 Å². The summed E-state index contributed by atoms with van der Waals surface area (Å²) in [6.07, 6.45) is 5.20. The minimum absolute atomic E-state index is 0.636. The normalized spacial score (nSPS) is 20.2. The van der Waals surface area contributed by atoms with Gasteiger partial charge < -0.3 is 9.30 Å². The minimum Gasteiger partial charge on any atom is -0.379 e. The summed E-state index contributed by atoms with van der Waals surface area (Å²) >= 11 is 5.22. The first-order valence-corrected chi connectivity index (χ1v) is 6.48. The lowest BCUT2D eigenvalue weighted by atomic mass is 10.4. The lowest BCUT2D eigenvalue weighted by Crippen LogP contribution is -2.10. The van der Waals surface area contributed by atoms with Crippen LogP contribution in [0.1, 0.15) is 37.4 Å².